The molecule has 1 aromatic carbocycles. The molecule has 0 amide bonds. The van der Waals surface area contributed by atoms with Crippen LogP contribution in [0.3, 0.4) is 0 Å². The van der Waals surface area contributed by atoms with Gasteiger partial charge < -0.3 is 14.8 Å². The first-order valence-corrected chi connectivity index (χ1v) is 5.70. The van der Waals surface area contributed by atoms with E-state index >= 15 is 0 Å². The summed E-state index contributed by atoms with van der Waals surface area (Å²) in [5, 5.41) is 3.39. The molecule has 0 bridgehead atoms. The smallest absolute Gasteiger partial charge is 0.188 e. The molecular weight excluding hydrogens is 202 g/mol. The third kappa shape index (κ3) is 4.64. The Kier molecular flexibility index (Phi) is 5.90. The topological polar surface area (TPSA) is 30.5 Å². The van der Waals surface area contributed by atoms with Gasteiger partial charge in [0.2, 0.25) is 0 Å². The van der Waals surface area contributed by atoms with Crippen molar-refractivity contribution in [3.63, 3.8) is 0 Å². The summed E-state index contributed by atoms with van der Waals surface area (Å²) in [6, 6.07) is 8.66. The van der Waals surface area contributed by atoms with E-state index in [4.69, 9.17) is 9.47 Å². The summed E-state index contributed by atoms with van der Waals surface area (Å²) in [7, 11) is 1.62. The lowest BCUT2D eigenvalue weighted by Crippen LogP contribution is -2.27. The minimum atomic E-state index is 0.299. The summed E-state index contributed by atoms with van der Waals surface area (Å²) in [6.07, 6.45) is 1.04. The Bertz CT molecular complexity index is 284. The summed E-state index contributed by atoms with van der Waals surface area (Å²) in [4.78, 5) is 0. The molecule has 1 N–H and O–H groups in total. The molecule has 0 radical (unpaired) electrons. The Balaban J connectivity index is 2.44. The molecule has 1 atom stereocenters. The van der Waals surface area contributed by atoms with Crippen LogP contribution in [0, 0.1) is 0 Å². The molecule has 1 rings (SSSR count). The first-order valence-electron chi connectivity index (χ1n) is 5.70. The fourth-order valence-electron chi connectivity index (χ4n) is 1.62. The zero-order chi connectivity index (χ0) is 11.8. The van der Waals surface area contributed by atoms with Crippen LogP contribution in [0.1, 0.15) is 19.4 Å². The van der Waals surface area contributed by atoms with Crippen molar-refractivity contribution in [2.24, 2.45) is 0 Å². The van der Waals surface area contributed by atoms with Crippen LogP contribution in [0.4, 0.5) is 0 Å². The van der Waals surface area contributed by atoms with Gasteiger partial charge in [-0.2, -0.15) is 0 Å². The van der Waals surface area contributed by atoms with Gasteiger partial charge in [0.15, 0.2) is 6.79 Å². The van der Waals surface area contributed by atoms with E-state index in [2.05, 4.69) is 31.3 Å². The van der Waals surface area contributed by atoms with E-state index in [1.165, 1.54) is 5.56 Å². The number of methoxy groups -OCH3 is 1. The van der Waals surface area contributed by atoms with Crippen molar-refractivity contribution in [1.82, 2.24) is 5.32 Å². The largest absolute Gasteiger partial charge is 0.468 e. The van der Waals surface area contributed by atoms with Gasteiger partial charge in [-0.05, 0) is 37.6 Å². The fourth-order valence-corrected chi connectivity index (χ4v) is 1.62. The van der Waals surface area contributed by atoms with E-state index in [1.807, 2.05) is 12.1 Å². The van der Waals surface area contributed by atoms with Crippen molar-refractivity contribution in [1.29, 1.82) is 0 Å². The predicted octanol–water partition coefficient (Wildman–Crippen LogP) is 2.21. The second kappa shape index (κ2) is 7.25. The molecule has 0 spiro atoms. The van der Waals surface area contributed by atoms with E-state index in [0.29, 0.717) is 12.8 Å². The summed E-state index contributed by atoms with van der Waals surface area (Å²) in [6.45, 7) is 5.63. The Morgan fingerprint density at radius 1 is 1.25 bits per heavy atom. The lowest BCUT2D eigenvalue weighted by molar-refractivity contribution is 0.0511. The Labute approximate surface area is 97.8 Å². The van der Waals surface area contributed by atoms with Gasteiger partial charge in [-0.25, -0.2) is 0 Å². The number of likely N-dealkylation sites (N-methyl/N-ethyl adjacent to an activating group) is 1. The van der Waals surface area contributed by atoms with E-state index in [1.54, 1.807) is 7.11 Å². The second-order valence-electron chi connectivity index (χ2n) is 3.86. The molecule has 1 unspecified atom stereocenters. The average molecular weight is 223 g/mol. The van der Waals surface area contributed by atoms with Crippen molar-refractivity contribution in [3.05, 3.63) is 29.8 Å². The molecule has 0 aliphatic heterocycles. The van der Waals surface area contributed by atoms with Gasteiger partial charge in [-0.3, -0.25) is 0 Å². The summed E-state index contributed by atoms with van der Waals surface area (Å²) in [5.41, 5.74) is 1.32. The third-order valence-corrected chi connectivity index (χ3v) is 2.36. The first-order chi connectivity index (χ1) is 7.76. The van der Waals surface area contributed by atoms with E-state index in [0.717, 1.165) is 18.7 Å². The molecule has 0 aliphatic rings. The SMILES string of the molecule is CCNC(C)Cc1ccc(OCOC)cc1. The van der Waals surface area contributed by atoms with Crippen LogP contribution >= 0.6 is 0 Å². The van der Waals surface area contributed by atoms with E-state index in [9.17, 15) is 0 Å². The number of rotatable bonds is 7. The quantitative estimate of drug-likeness (QED) is 0.719. The summed E-state index contributed by atoms with van der Waals surface area (Å²) >= 11 is 0. The van der Waals surface area contributed by atoms with Crippen molar-refractivity contribution in [3.8, 4) is 5.75 Å². The van der Waals surface area contributed by atoms with E-state index in [-0.39, 0.29) is 0 Å². The molecule has 0 saturated carbocycles. The van der Waals surface area contributed by atoms with Crippen molar-refractivity contribution >= 4 is 0 Å². The zero-order valence-corrected chi connectivity index (χ0v) is 10.3. The van der Waals surface area contributed by atoms with Crippen LogP contribution < -0.4 is 10.1 Å². The first kappa shape index (κ1) is 13.0. The molecule has 0 aromatic heterocycles. The molecular formula is C13H21NO2. The Morgan fingerprint density at radius 3 is 2.50 bits per heavy atom. The van der Waals surface area contributed by atoms with Crippen molar-refractivity contribution < 1.29 is 9.47 Å². The number of benzene rings is 1. The fraction of sp³-hybridized carbons (Fsp3) is 0.538. The minimum Gasteiger partial charge on any atom is -0.468 e. The highest BCUT2D eigenvalue weighted by Crippen LogP contribution is 2.13. The van der Waals surface area contributed by atoms with Gasteiger partial charge in [0.05, 0.1) is 0 Å². The maximum Gasteiger partial charge on any atom is 0.188 e. The van der Waals surface area contributed by atoms with Gasteiger partial charge in [-0.15, -0.1) is 0 Å². The Hall–Kier alpha value is -1.06. The number of hydrogen-bond donors (Lipinski definition) is 1. The van der Waals surface area contributed by atoms with Crippen LogP contribution in [0.15, 0.2) is 24.3 Å². The summed E-state index contributed by atoms with van der Waals surface area (Å²) < 4.78 is 10.2. The van der Waals surface area contributed by atoms with Gasteiger partial charge in [0, 0.05) is 13.2 Å². The highest BCUT2D eigenvalue weighted by Gasteiger charge is 2.01. The molecule has 0 heterocycles. The lowest BCUT2D eigenvalue weighted by atomic mass is 10.1. The van der Waals surface area contributed by atoms with Crippen molar-refractivity contribution in [2.75, 3.05) is 20.4 Å². The molecule has 16 heavy (non-hydrogen) atoms. The van der Waals surface area contributed by atoms with Gasteiger partial charge in [0.25, 0.3) is 0 Å². The molecule has 1 aromatic rings. The van der Waals surface area contributed by atoms with Crippen LogP contribution in [0.25, 0.3) is 0 Å². The van der Waals surface area contributed by atoms with Crippen LogP contribution in [0.2, 0.25) is 0 Å². The molecule has 3 heteroatoms. The average Bonchev–Trinajstić information content (AvgIpc) is 2.28. The molecule has 90 valence electrons. The highest BCUT2D eigenvalue weighted by atomic mass is 16.7. The van der Waals surface area contributed by atoms with Crippen LogP contribution in [-0.2, 0) is 11.2 Å². The number of hydrogen-bond acceptors (Lipinski definition) is 3. The minimum absolute atomic E-state index is 0.299. The normalized spacial score (nSPS) is 12.4. The van der Waals surface area contributed by atoms with Crippen LogP contribution in [-0.4, -0.2) is 26.5 Å². The third-order valence-electron chi connectivity index (χ3n) is 2.36. The monoisotopic (exact) mass is 223 g/mol. The lowest BCUT2D eigenvalue weighted by Gasteiger charge is -2.12. The van der Waals surface area contributed by atoms with Gasteiger partial charge >= 0.3 is 0 Å². The highest BCUT2D eigenvalue weighted by molar-refractivity contribution is 5.27. The number of ether oxygens (including phenoxy) is 2. The summed E-state index contributed by atoms with van der Waals surface area (Å²) in [5.74, 6) is 0.849. The predicted molar refractivity (Wildman–Crippen MR) is 65.8 cm³/mol. The van der Waals surface area contributed by atoms with Crippen LogP contribution in [0.5, 0.6) is 5.75 Å². The molecule has 3 nitrogen and oxygen atoms in total. The molecule has 0 aliphatic carbocycles. The zero-order valence-electron chi connectivity index (χ0n) is 10.3. The van der Waals surface area contributed by atoms with E-state index < -0.39 is 0 Å². The molecule has 0 fully saturated rings. The van der Waals surface area contributed by atoms with Gasteiger partial charge in [0.1, 0.15) is 5.75 Å². The second-order valence-corrected chi connectivity index (χ2v) is 3.86. The standard InChI is InChI=1S/C13H21NO2/c1-4-14-11(2)9-12-5-7-13(8-6-12)16-10-15-3/h5-8,11,14H,4,9-10H2,1-3H3. The maximum atomic E-state index is 5.32. The maximum absolute atomic E-state index is 5.32. The van der Waals surface area contributed by atoms with Crippen molar-refractivity contribution in [2.45, 2.75) is 26.3 Å². The molecule has 0 saturated heterocycles. The number of nitrogens with one attached hydrogen (secondary N) is 1. The Morgan fingerprint density at radius 2 is 1.94 bits per heavy atom. The van der Waals surface area contributed by atoms with Gasteiger partial charge in [-0.1, -0.05) is 19.1 Å².